The molecule has 6 heteroatoms. The molecule has 0 radical (unpaired) electrons. The number of hydrogen-bond acceptors (Lipinski definition) is 5. The van der Waals surface area contributed by atoms with Gasteiger partial charge in [0, 0.05) is 39.1 Å². The van der Waals surface area contributed by atoms with Gasteiger partial charge in [0.2, 0.25) is 5.89 Å². The predicted molar refractivity (Wildman–Crippen MR) is 101 cm³/mol. The highest BCUT2D eigenvalue weighted by atomic mass is 19.1. The molecule has 1 aliphatic heterocycles. The van der Waals surface area contributed by atoms with E-state index in [0.29, 0.717) is 18.9 Å². The van der Waals surface area contributed by atoms with E-state index in [-0.39, 0.29) is 5.82 Å². The van der Waals surface area contributed by atoms with Gasteiger partial charge < -0.3 is 4.52 Å². The van der Waals surface area contributed by atoms with Gasteiger partial charge in [0.05, 0.1) is 6.54 Å². The third-order valence-electron chi connectivity index (χ3n) is 4.83. The van der Waals surface area contributed by atoms with Crippen molar-refractivity contribution in [2.45, 2.75) is 19.5 Å². The molecule has 1 aliphatic rings. The van der Waals surface area contributed by atoms with Crippen LogP contribution in [0.2, 0.25) is 0 Å². The molecule has 0 amide bonds. The molecule has 140 valence electrons. The fourth-order valence-corrected chi connectivity index (χ4v) is 3.39. The summed E-state index contributed by atoms with van der Waals surface area (Å²) in [6, 6.07) is 17.0. The number of hydrogen-bond donors (Lipinski definition) is 0. The molecule has 3 aromatic rings. The topological polar surface area (TPSA) is 45.4 Å². The van der Waals surface area contributed by atoms with Gasteiger partial charge in [-0.2, -0.15) is 4.98 Å². The lowest BCUT2D eigenvalue weighted by Gasteiger charge is -2.33. The van der Waals surface area contributed by atoms with Crippen LogP contribution < -0.4 is 0 Å². The maximum absolute atomic E-state index is 13.3. The number of piperazine rings is 1. The number of benzene rings is 2. The van der Waals surface area contributed by atoms with Crippen molar-refractivity contribution in [2.75, 3.05) is 26.2 Å². The lowest BCUT2D eigenvalue weighted by Crippen LogP contribution is -2.45. The zero-order chi connectivity index (χ0) is 18.5. The van der Waals surface area contributed by atoms with Crippen molar-refractivity contribution in [1.29, 1.82) is 0 Å². The Morgan fingerprint density at radius 3 is 2.30 bits per heavy atom. The first-order valence-corrected chi connectivity index (χ1v) is 9.29. The van der Waals surface area contributed by atoms with Crippen LogP contribution in [0.25, 0.3) is 0 Å². The summed E-state index contributed by atoms with van der Waals surface area (Å²) in [6.45, 7) is 5.23. The van der Waals surface area contributed by atoms with Crippen molar-refractivity contribution in [3.63, 3.8) is 0 Å². The second-order valence-corrected chi connectivity index (χ2v) is 6.95. The lowest BCUT2D eigenvalue weighted by molar-refractivity contribution is 0.112. The number of halogens is 1. The van der Waals surface area contributed by atoms with Crippen LogP contribution in [0.5, 0.6) is 0 Å². The fraction of sp³-hybridized carbons (Fsp3) is 0.333. The van der Waals surface area contributed by atoms with Crippen LogP contribution in [-0.2, 0) is 19.5 Å². The molecular formula is C21H23FN4O. The molecule has 5 nitrogen and oxygen atoms in total. The maximum Gasteiger partial charge on any atom is 0.240 e. The fourth-order valence-electron chi connectivity index (χ4n) is 3.39. The highest BCUT2D eigenvalue weighted by molar-refractivity contribution is 5.18. The first-order valence-electron chi connectivity index (χ1n) is 9.29. The third kappa shape index (κ3) is 4.99. The van der Waals surface area contributed by atoms with Gasteiger partial charge in [-0.15, -0.1) is 0 Å². The number of rotatable bonds is 6. The van der Waals surface area contributed by atoms with Gasteiger partial charge in [-0.3, -0.25) is 9.80 Å². The Morgan fingerprint density at radius 1 is 0.852 bits per heavy atom. The molecule has 0 unspecified atom stereocenters. The third-order valence-corrected chi connectivity index (χ3v) is 4.83. The molecule has 0 saturated carbocycles. The lowest BCUT2D eigenvalue weighted by atomic mass is 10.1. The van der Waals surface area contributed by atoms with Gasteiger partial charge in [-0.25, -0.2) is 4.39 Å². The van der Waals surface area contributed by atoms with Gasteiger partial charge in [0.1, 0.15) is 5.82 Å². The van der Waals surface area contributed by atoms with Crippen LogP contribution >= 0.6 is 0 Å². The standard InChI is InChI=1S/C21H23FN4O/c22-19-8-4-7-18(13-19)15-25-9-11-26(12-10-25)16-21-23-20(24-27-21)14-17-5-2-1-3-6-17/h1-8,13H,9-12,14-16H2. The Balaban J connectivity index is 1.26. The molecule has 0 atom stereocenters. The number of nitrogens with zero attached hydrogens (tertiary/aromatic N) is 4. The first kappa shape index (κ1) is 17.8. The summed E-state index contributed by atoms with van der Waals surface area (Å²) in [5, 5.41) is 4.10. The zero-order valence-electron chi connectivity index (χ0n) is 15.2. The van der Waals surface area contributed by atoms with Crippen LogP contribution in [0.15, 0.2) is 59.1 Å². The second-order valence-electron chi connectivity index (χ2n) is 6.95. The molecule has 2 heterocycles. The molecule has 0 aliphatic carbocycles. The van der Waals surface area contributed by atoms with E-state index in [2.05, 4.69) is 32.1 Å². The Morgan fingerprint density at radius 2 is 1.56 bits per heavy atom. The predicted octanol–water partition coefficient (Wildman–Crippen LogP) is 3.12. The molecule has 0 spiro atoms. The van der Waals surface area contributed by atoms with Crippen LogP contribution in [0.4, 0.5) is 4.39 Å². The van der Waals surface area contributed by atoms with Crippen LogP contribution in [0.1, 0.15) is 22.8 Å². The molecule has 0 bridgehead atoms. The summed E-state index contributed by atoms with van der Waals surface area (Å²) in [7, 11) is 0. The van der Waals surface area contributed by atoms with Crippen molar-refractivity contribution < 1.29 is 8.91 Å². The van der Waals surface area contributed by atoms with Crippen LogP contribution in [-0.4, -0.2) is 46.1 Å². The minimum atomic E-state index is -0.172. The maximum atomic E-state index is 13.3. The monoisotopic (exact) mass is 366 g/mol. The van der Waals surface area contributed by atoms with Gasteiger partial charge >= 0.3 is 0 Å². The average Bonchev–Trinajstić information content (AvgIpc) is 3.11. The molecule has 4 rings (SSSR count). The summed E-state index contributed by atoms with van der Waals surface area (Å²) in [4.78, 5) is 9.19. The van der Waals surface area contributed by atoms with E-state index in [9.17, 15) is 4.39 Å². The quantitative estimate of drug-likeness (QED) is 0.671. The van der Waals surface area contributed by atoms with Crippen molar-refractivity contribution >= 4 is 0 Å². The second kappa shape index (κ2) is 8.41. The molecule has 1 fully saturated rings. The van der Waals surface area contributed by atoms with Crippen molar-refractivity contribution in [3.05, 3.63) is 83.3 Å². The van der Waals surface area contributed by atoms with Crippen molar-refractivity contribution in [1.82, 2.24) is 19.9 Å². The largest absolute Gasteiger partial charge is 0.338 e. The summed E-state index contributed by atoms with van der Waals surface area (Å²) < 4.78 is 18.7. The van der Waals surface area contributed by atoms with Gasteiger partial charge in [-0.05, 0) is 23.3 Å². The summed E-state index contributed by atoms with van der Waals surface area (Å²) in [6.07, 6.45) is 0.686. The van der Waals surface area contributed by atoms with E-state index < -0.39 is 0 Å². The van der Waals surface area contributed by atoms with Crippen molar-refractivity contribution in [2.24, 2.45) is 0 Å². The van der Waals surface area contributed by atoms with Gasteiger partial charge in [-0.1, -0.05) is 47.6 Å². The smallest absolute Gasteiger partial charge is 0.240 e. The van der Waals surface area contributed by atoms with E-state index in [1.807, 2.05) is 24.3 Å². The summed E-state index contributed by atoms with van der Waals surface area (Å²) in [5.74, 6) is 1.22. The first-order chi connectivity index (χ1) is 13.2. The Labute approximate surface area is 158 Å². The van der Waals surface area contributed by atoms with Crippen molar-refractivity contribution in [3.8, 4) is 0 Å². The highest BCUT2D eigenvalue weighted by Crippen LogP contribution is 2.13. The minimum Gasteiger partial charge on any atom is -0.338 e. The minimum absolute atomic E-state index is 0.172. The van der Waals surface area contributed by atoms with Gasteiger partial charge in [0.25, 0.3) is 0 Å². The zero-order valence-corrected chi connectivity index (χ0v) is 15.2. The Bertz CT molecular complexity index is 859. The number of aromatic nitrogens is 2. The van der Waals surface area contributed by atoms with E-state index in [1.165, 1.54) is 11.6 Å². The highest BCUT2D eigenvalue weighted by Gasteiger charge is 2.19. The molecule has 1 saturated heterocycles. The normalized spacial score (nSPS) is 15.9. The summed E-state index contributed by atoms with van der Waals surface area (Å²) in [5.41, 5.74) is 2.20. The average molecular weight is 366 g/mol. The molecule has 1 aromatic heterocycles. The van der Waals surface area contributed by atoms with Gasteiger partial charge in [0.15, 0.2) is 5.82 Å². The van der Waals surface area contributed by atoms with E-state index in [0.717, 1.165) is 44.1 Å². The molecule has 2 aromatic carbocycles. The van der Waals surface area contributed by atoms with E-state index >= 15 is 0 Å². The van der Waals surface area contributed by atoms with E-state index in [4.69, 9.17) is 4.52 Å². The van der Waals surface area contributed by atoms with Crippen LogP contribution in [0, 0.1) is 5.82 Å². The Hall–Kier alpha value is -2.57. The molecule has 27 heavy (non-hydrogen) atoms. The summed E-state index contributed by atoms with van der Waals surface area (Å²) >= 11 is 0. The van der Waals surface area contributed by atoms with Crippen LogP contribution in [0.3, 0.4) is 0 Å². The molecule has 0 N–H and O–H groups in total. The Kier molecular flexibility index (Phi) is 5.55. The SMILES string of the molecule is Fc1cccc(CN2CCN(Cc3nc(Cc4ccccc4)no3)CC2)c1. The van der Waals surface area contributed by atoms with E-state index in [1.54, 1.807) is 12.1 Å². The molecular weight excluding hydrogens is 343 g/mol.